The van der Waals surface area contributed by atoms with Crippen LogP contribution in [0.5, 0.6) is 0 Å². The molecule has 2 N–H and O–H groups in total. The van der Waals surface area contributed by atoms with E-state index in [9.17, 15) is 4.79 Å². The molecular formula is C11H14ClNO3. The van der Waals surface area contributed by atoms with E-state index in [1.54, 1.807) is 24.3 Å². The summed E-state index contributed by atoms with van der Waals surface area (Å²) in [6.45, 7) is 1.03. The van der Waals surface area contributed by atoms with Gasteiger partial charge in [0.05, 0.1) is 30.4 Å². The van der Waals surface area contributed by atoms with E-state index in [2.05, 4.69) is 5.32 Å². The van der Waals surface area contributed by atoms with Crippen molar-refractivity contribution >= 4 is 17.5 Å². The molecule has 0 bridgehead atoms. The van der Waals surface area contributed by atoms with Crippen LogP contribution in [0.4, 0.5) is 0 Å². The highest BCUT2D eigenvalue weighted by Crippen LogP contribution is 2.14. The summed E-state index contributed by atoms with van der Waals surface area (Å²) in [5.74, 6) is -0.224. The summed E-state index contributed by atoms with van der Waals surface area (Å²) in [5.41, 5.74) is 0.450. The Balaban J connectivity index is 2.33. The summed E-state index contributed by atoms with van der Waals surface area (Å²) in [7, 11) is 0. The molecular weight excluding hydrogens is 230 g/mol. The minimum atomic E-state index is -0.224. The number of halogens is 1. The minimum Gasteiger partial charge on any atom is -0.394 e. The van der Waals surface area contributed by atoms with E-state index >= 15 is 0 Å². The zero-order valence-corrected chi connectivity index (χ0v) is 9.54. The van der Waals surface area contributed by atoms with Crippen molar-refractivity contribution in [1.82, 2.24) is 5.32 Å². The molecule has 1 aromatic rings. The Morgan fingerprint density at radius 3 is 2.81 bits per heavy atom. The molecule has 1 amide bonds. The predicted octanol–water partition coefficient (Wildman–Crippen LogP) is 1.08. The molecule has 0 aliphatic carbocycles. The van der Waals surface area contributed by atoms with Crippen molar-refractivity contribution in [3.63, 3.8) is 0 Å². The van der Waals surface area contributed by atoms with E-state index < -0.39 is 0 Å². The third kappa shape index (κ3) is 4.18. The number of ether oxygens (including phenoxy) is 1. The van der Waals surface area contributed by atoms with Gasteiger partial charge in [-0.25, -0.2) is 0 Å². The first kappa shape index (κ1) is 13.0. The van der Waals surface area contributed by atoms with Crippen molar-refractivity contribution in [2.75, 3.05) is 26.4 Å². The fourth-order valence-electron chi connectivity index (χ4n) is 1.14. The maximum atomic E-state index is 11.6. The highest BCUT2D eigenvalue weighted by Gasteiger charge is 2.07. The highest BCUT2D eigenvalue weighted by molar-refractivity contribution is 6.33. The first-order valence-corrected chi connectivity index (χ1v) is 5.35. The molecule has 0 unspecified atom stereocenters. The van der Waals surface area contributed by atoms with Crippen molar-refractivity contribution in [1.29, 1.82) is 0 Å². The smallest absolute Gasteiger partial charge is 0.252 e. The van der Waals surface area contributed by atoms with Gasteiger partial charge in [-0.3, -0.25) is 4.79 Å². The van der Waals surface area contributed by atoms with E-state index in [0.29, 0.717) is 23.7 Å². The van der Waals surface area contributed by atoms with Crippen LogP contribution in [0, 0.1) is 0 Å². The Hall–Kier alpha value is -1.10. The molecule has 0 saturated carbocycles. The Morgan fingerprint density at radius 1 is 1.38 bits per heavy atom. The second-order valence-corrected chi connectivity index (χ2v) is 3.48. The van der Waals surface area contributed by atoms with E-state index in [-0.39, 0.29) is 19.1 Å². The summed E-state index contributed by atoms with van der Waals surface area (Å²) in [6.07, 6.45) is 0. The summed E-state index contributed by atoms with van der Waals surface area (Å²) in [5, 5.41) is 11.6. The number of hydrogen-bond donors (Lipinski definition) is 2. The van der Waals surface area contributed by atoms with Gasteiger partial charge in [0.1, 0.15) is 0 Å². The van der Waals surface area contributed by atoms with Crippen LogP contribution >= 0.6 is 11.6 Å². The molecule has 0 atom stereocenters. The molecule has 0 heterocycles. The van der Waals surface area contributed by atoms with Crippen molar-refractivity contribution < 1.29 is 14.6 Å². The van der Waals surface area contributed by atoms with Crippen LogP contribution in [-0.4, -0.2) is 37.4 Å². The van der Waals surface area contributed by atoms with Crippen LogP contribution in [0.25, 0.3) is 0 Å². The van der Waals surface area contributed by atoms with Gasteiger partial charge in [0, 0.05) is 6.54 Å². The minimum absolute atomic E-state index is 0.0154. The Bertz CT molecular complexity index is 344. The lowest BCUT2D eigenvalue weighted by molar-refractivity contribution is 0.0838. The Morgan fingerprint density at radius 2 is 2.12 bits per heavy atom. The molecule has 88 valence electrons. The average Bonchev–Trinajstić information content (AvgIpc) is 2.29. The van der Waals surface area contributed by atoms with Gasteiger partial charge >= 0.3 is 0 Å². The number of aliphatic hydroxyl groups is 1. The number of carbonyl (C=O) groups is 1. The molecule has 16 heavy (non-hydrogen) atoms. The zero-order chi connectivity index (χ0) is 11.8. The van der Waals surface area contributed by atoms with Crippen LogP contribution in [-0.2, 0) is 4.74 Å². The number of aliphatic hydroxyl groups excluding tert-OH is 1. The number of amides is 1. The fourth-order valence-corrected chi connectivity index (χ4v) is 1.37. The third-order valence-electron chi connectivity index (χ3n) is 1.89. The van der Waals surface area contributed by atoms with Crippen LogP contribution in [0.1, 0.15) is 10.4 Å². The molecule has 0 saturated heterocycles. The molecule has 0 aliphatic heterocycles. The summed E-state index contributed by atoms with van der Waals surface area (Å²) in [4.78, 5) is 11.6. The van der Waals surface area contributed by atoms with Crippen molar-refractivity contribution in [3.05, 3.63) is 34.9 Å². The number of carbonyl (C=O) groups excluding carboxylic acids is 1. The second-order valence-electron chi connectivity index (χ2n) is 3.07. The quantitative estimate of drug-likeness (QED) is 0.735. The molecule has 0 fully saturated rings. The van der Waals surface area contributed by atoms with Gasteiger partial charge in [0.25, 0.3) is 5.91 Å². The maximum absolute atomic E-state index is 11.6. The first-order chi connectivity index (χ1) is 7.75. The lowest BCUT2D eigenvalue weighted by Gasteiger charge is -2.06. The third-order valence-corrected chi connectivity index (χ3v) is 2.22. The number of benzene rings is 1. The molecule has 1 rings (SSSR count). The molecule has 4 nitrogen and oxygen atoms in total. The lowest BCUT2D eigenvalue weighted by Crippen LogP contribution is -2.27. The number of nitrogens with one attached hydrogen (secondary N) is 1. The maximum Gasteiger partial charge on any atom is 0.252 e. The average molecular weight is 244 g/mol. The summed E-state index contributed by atoms with van der Waals surface area (Å²) < 4.78 is 5.00. The van der Waals surface area contributed by atoms with E-state index in [0.717, 1.165) is 0 Å². The van der Waals surface area contributed by atoms with Crippen molar-refractivity contribution in [2.45, 2.75) is 0 Å². The van der Waals surface area contributed by atoms with Gasteiger partial charge in [0.2, 0.25) is 0 Å². The second kappa shape index (κ2) is 7.22. The highest BCUT2D eigenvalue weighted by atomic mass is 35.5. The Kier molecular flexibility index (Phi) is 5.85. The SMILES string of the molecule is O=C(NCCOCCO)c1ccccc1Cl. The van der Waals surface area contributed by atoms with Gasteiger partial charge in [-0.1, -0.05) is 23.7 Å². The lowest BCUT2D eigenvalue weighted by atomic mass is 10.2. The van der Waals surface area contributed by atoms with Crippen molar-refractivity contribution in [3.8, 4) is 0 Å². The molecule has 1 aromatic carbocycles. The van der Waals surface area contributed by atoms with E-state index in [4.69, 9.17) is 21.4 Å². The van der Waals surface area contributed by atoms with Crippen molar-refractivity contribution in [2.24, 2.45) is 0 Å². The fraction of sp³-hybridized carbons (Fsp3) is 0.364. The number of hydrogen-bond acceptors (Lipinski definition) is 3. The van der Waals surface area contributed by atoms with Gasteiger partial charge in [0.15, 0.2) is 0 Å². The van der Waals surface area contributed by atoms with Crippen LogP contribution in [0.15, 0.2) is 24.3 Å². The van der Waals surface area contributed by atoms with Gasteiger partial charge in [-0.2, -0.15) is 0 Å². The summed E-state index contributed by atoms with van der Waals surface area (Å²) >= 11 is 5.86. The number of rotatable bonds is 6. The monoisotopic (exact) mass is 243 g/mol. The van der Waals surface area contributed by atoms with Crippen LogP contribution in [0.2, 0.25) is 5.02 Å². The molecule has 0 spiro atoms. The van der Waals surface area contributed by atoms with Crippen LogP contribution in [0.3, 0.4) is 0 Å². The van der Waals surface area contributed by atoms with E-state index in [1.807, 2.05) is 0 Å². The summed E-state index contributed by atoms with van der Waals surface area (Å²) in [6, 6.07) is 6.84. The molecule has 0 aliphatic rings. The molecule has 5 heteroatoms. The predicted molar refractivity (Wildman–Crippen MR) is 61.7 cm³/mol. The topological polar surface area (TPSA) is 58.6 Å². The largest absolute Gasteiger partial charge is 0.394 e. The van der Waals surface area contributed by atoms with Gasteiger partial charge in [-0.05, 0) is 12.1 Å². The standard InChI is InChI=1S/C11H14ClNO3/c12-10-4-2-1-3-9(10)11(15)13-5-7-16-8-6-14/h1-4,14H,5-8H2,(H,13,15). The zero-order valence-electron chi connectivity index (χ0n) is 8.78. The van der Waals surface area contributed by atoms with Gasteiger partial charge < -0.3 is 15.2 Å². The first-order valence-electron chi connectivity index (χ1n) is 4.97. The van der Waals surface area contributed by atoms with Gasteiger partial charge in [-0.15, -0.1) is 0 Å². The molecule has 0 radical (unpaired) electrons. The molecule has 0 aromatic heterocycles. The van der Waals surface area contributed by atoms with Crippen LogP contribution < -0.4 is 5.32 Å². The Labute approximate surface area is 99.2 Å². The normalized spacial score (nSPS) is 10.1. The van der Waals surface area contributed by atoms with E-state index in [1.165, 1.54) is 0 Å².